The zero-order valence-corrected chi connectivity index (χ0v) is 23.4. The second-order valence-electron chi connectivity index (χ2n) is 9.60. The van der Waals surface area contributed by atoms with E-state index in [0.29, 0.717) is 5.92 Å². The average molecular weight is 550 g/mol. The van der Waals surface area contributed by atoms with Crippen LogP contribution in [0, 0.1) is 0 Å². The highest BCUT2D eigenvalue weighted by Gasteiger charge is 2.26. The number of aliphatic hydroxyl groups is 1. The summed E-state index contributed by atoms with van der Waals surface area (Å²) >= 11 is 0. The van der Waals surface area contributed by atoms with Crippen LogP contribution in [-0.4, -0.2) is 31.1 Å². The first kappa shape index (κ1) is 33.1. The van der Waals surface area contributed by atoms with E-state index in [1.807, 2.05) is 30.3 Å². The number of carbonyl (C=O) groups excluding carboxylic acids is 1. The first-order valence-corrected chi connectivity index (χ1v) is 12.7. The lowest BCUT2D eigenvalue weighted by atomic mass is 9.83. The molecule has 3 aliphatic rings. The van der Waals surface area contributed by atoms with Crippen LogP contribution in [0.3, 0.4) is 0 Å². The van der Waals surface area contributed by atoms with Crippen LogP contribution in [-0.2, 0) is 0 Å². The van der Waals surface area contributed by atoms with Gasteiger partial charge in [0.2, 0.25) is 0 Å². The fourth-order valence-electron chi connectivity index (χ4n) is 5.81. The highest BCUT2D eigenvalue weighted by Crippen LogP contribution is 2.40. The van der Waals surface area contributed by atoms with E-state index in [9.17, 15) is 4.79 Å². The monoisotopic (exact) mass is 549 g/mol. The molecule has 1 saturated carbocycles. The maximum atomic E-state index is 12.9. The largest absolute Gasteiger partial charge is 0.400 e. The van der Waals surface area contributed by atoms with Crippen molar-refractivity contribution in [2.45, 2.75) is 50.9 Å². The van der Waals surface area contributed by atoms with Gasteiger partial charge in [0.05, 0.1) is 0 Å². The Kier molecular flexibility index (Phi) is 12.9. The fraction of sp³-hybridized carbons (Fsp3) is 0.367. The number of hydrogen-bond donors (Lipinski definition) is 5. The second-order valence-corrected chi connectivity index (χ2v) is 9.60. The molecule has 2 aliphatic carbocycles. The van der Waals surface area contributed by atoms with Gasteiger partial charge in [-0.2, -0.15) is 0 Å². The number of fused-ring (bicyclic) bond motifs is 3. The van der Waals surface area contributed by atoms with Gasteiger partial charge in [0.1, 0.15) is 0 Å². The number of rotatable bonds is 4. The molecule has 2 fully saturated rings. The Morgan fingerprint density at radius 1 is 0.737 bits per heavy atom. The summed E-state index contributed by atoms with van der Waals surface area (Å²) in [6, 6.07) is 21.2. The Bertz CT molecular complexity index is 1210. The molecule has 0 unspecified atom stereocenters. The Morgan fingerprint density at radius 3 is 2.05 bits per heavy atom. The molecule has 0 radical (unpaired) electrons. The molecule has 3 aromatic rings. The van der Waals surface area contributed by atoms with E-state index in [-0.39, 0.29) is 42.3 Å². The summed E-state index contributed by atoms with van der Waals surface area (Å²) in [5.74, 6) is 0.802. The molecule has 11 N–H and O–H groups in total. The molecule has 8 heteroatoms. The minimum Gasteiger partial charge on any atom is -0.400 e. The van der Waals surface area contributed by atoms with Crippen molar-refractivity contribution in [2.75, 3.05) is 30.4 Å². The summed E-state index contributed by atoms with van der Waals surface area (Å²) < 4.78 is 0. The molecule has 0 spiro atoms. The molecule has 0 bridgehead atoms. The summed E-state index contributed by atoms with van der Waals surface area (Å²) in [6.45, 7) is 2.30. The standard InChI is InChI=1S/C29H30N2O.CH4O.ClH.3H3N.4H2/c32-29-27-11-5-4-10-25(27)26-13-12-22(19-28(26)29)30-23-16-21(20-8-2-1-3-9-20)17-24(18-23)31-14-6-7-15-31;1-2;;;;;;;;/h4-5,10-13,16-20,30H,1-3,6-9,14-15H2;2H,1H3;1H;3*1H3;4*1H. The van der Waals surface area contributed by atoms with E-state index in [2.05, 4.69) is 40.5 Å². The van der Waals surface area contributed by atoms with Crippen LogP contribution in [0.1, 0.15) is 78.1 Å². The van der Waals surface area contributed by atoms with E-state index < -0.39 is 0 Å². The Labute approximate surface area is 239 Å². The van der Waals surface area contributed by atoms with Crippen LogP contribution in [0.2, 0.25) is 0 Å². The van der Waals surface area contributed by atoms with Gasteiger partial charge in [-0.15, -0.1) is 12.4 Å². The summed E-state index contributed by atoms with van der Waals surface area (Å²) in [5.41, 5.74) is 8.66. The van der Waals surface area contributed by atoms with Crippen LogP contribution in [0.4, 0.5) is 17.1 Å². The van der Waals surface area contributed by atoms with Gasteiger partial charge in [-0.25, -0.2) is 0 Å². The van der Waals surface area contributed by atoms with Gasteiger partial charge >= 0.3 is 0 Å². The van der Waals surface area contributed by atoms with Crippen LogP contribution >= 0.6 is 12.4 Å². The molecule has 216 valence electrons. The normalized spacial score (nSPS) is 15.3. The number of halogens is 1. The highest BCUT2D eigenvalue weighted by atomic mass is 35.5. The molecule has 3 aromatic carbocycles. The Balaban J connectivity index is -0.000000708. The zero-order chi connectivity index (χ0) is 23.5. The van der Waals surface area contributed by atoms with E-state index in [1.54, 1.807) is 0 Å². The van der Waals surface area contributed by atoms with Gasteiger partial charge in [0.15, 0.2) is 5.78 Å². The lowest BCUT2D eigenvalue weighted by Crippen LogP contribution is -2.18. The number of aliphatic hydroxyl groups excluding tert-OH is 1. The van der Waals surface area contributed by atoms with Crippen LogP contribution < -0.4 is 28.7 Å². The summed E-state index contributed by atoms with van der Waals surface area (Å²) in [5, 5.41) is 10.6. The van der Waals surface area contributed by atoms with Crippen molar-refractivity contribution in [3.63, 3.8) is 0 Å². The summed E-state index contributed by atoms with van der Waals surface area (Å²) in [7, 11) is 1.00. The van der Waals surface area contributed by atoms with Gasteiger partial charge in [-0.1, -0.05) is 49.6 Å². The van der Waals surface area contributed by atoms with Gasteiger partial charge in [0.25, 0.3) is 0 Å². The van der Waals surface area contributed by atoms with Crippen molar-refractivity contribution >= 4 is 35.3 Å². The minimum atomic E-state index is 0. The van der Waals surface area contributed by atoms with Crippen molar-refractivity contribution in [1.29, 1.82) is 0 Å². The first-order chi connectivity index (χ1) is 16.8. The molecular weight excluding hydrogens is 498 g/mol. The van der Waals surface area contributed by atoms with Gasteiger partial charge in [-0.3, -0.25) is 4.79 Å². The maximum Gasteiger partial charge on any atom is 0.194 e. The second kappa shape index (κ2) is 14.9. The third kappa shape index (κ3) is 6.54. The number of nitrogens with one attached hydrogen (secondary N) is 1. The maximum absolute atomic E-state index is 12.9. The first-order valence-electron chi connectivity index (χ1n) is 12.7. The SMILES string of the molecule is CO.Cl.N.N.N.O=C1c2ccccc2-c2ccc(Nc3cc(C4CCCCC4)cc(N4CCCC4)c3)cc21.[HH].[HH].[HH].[HH]. The third-order valence-electron chi connectivity index (χ3n) is 7.50. The van der Waals surface area contributed by atoms with Crippen molar-refractivity contribution in [3.05, 3.63) is 77.4 Å². The lowest BCUT2D eigenvalue weighted by Gasteiger charge is -2.26. The quantitative estimate of drug-likeness (QED) is 0.170. The van der Waals surface area contributed by atoms with E-state index in [1.165, 1.54) is 56.2 Å². The van der Waals surface area contributed by atoms with Crippen molar-refractivity contribution in [2.24, 2.45) is 0 Å². The minimum absolute atomic E-state index is 0. The number of carbonyl (C=O) groups is 1. The number of anilines is 3. The predicted octanol–water partition coefficient (Wildman–Crippen LogP) is 8.79. The molecule has 38 heavy (non-hydrogen) atoms. The Hall–Kier alpha value is -2.94. The van der Waals surface area contributed by atoms with E-state index in [0.717, 1.165) is 53.8 Å². The summed E-state index contributed by atoms with van der Waals surface area (Å²) in [4.78, 5) is 15.5. The molecule has 7 nitrogen and oxygen atoms in total. The third-order valence-corrected chi connectivity index (χ3v) is 7.50. The van der Waals surface area contributed by atoms with Crippen molar-refractivity contribution < 1.29 is 15.6 Å². The molecule has 1 saturated heterocycles. The lowest BCUT2D eigenvalue weighted by molar-refractivity contribution is 0.104. The highest BCUT2D eigenvalue weighted by molar-refractivity contribution is 6.22. The van der Waals surface area contributed by atoms with Crippen molar-refractivity contribution in [1.82, 2.24) is 18.5 Å². The molecule has 1 aliphatic heterocycles. The molecule has 6 rings (SSSR count). The zero-order valence-electron chi connectivity index (χ0n) is 22.5. The molecule has 1 heterocycles. The molecule has 0 amide bonds. The molecular formula is C30H52ClN5O2. The van der Waals surface area contributed by atoms with Crippen LogP contribution in [0.15, 0.2) is 60.7 Å². The topological polar surface area (TPSA) is 158 Å². The molecule has 0 aromatic heterocycles. The van der Waals surface area contributed by atoms with E-state index in [4.69, 9.17) is 5.11 Å². The van der Waals surface area contributed by atoms with Crippen LogP contribution in [0.25, 0.3) is 11.1 Å². The van der Waals surface area contributed by atoms with Gasteiger partial charge < -0.3 is 33.8 Å². The van der Waals surface area contributed by atoms with Crippen LogP contribution in [0.5, 0.6) is 0 Å². The van der Waals surface area contributed by atoms with Crippen molar-refractivity contribution in [3.8, 4) is 11.1 Å². The molecule has 0 atom stereocenters. The Morgan fingerprint density at radius 2 is 1.37 bits per heavy atom. The number of hydrogen-bond acceptors (Lipinski definition) is 7. The summed E-state index contributed by atoms with van der Waals surface area (Å²) in [6.07, 6.45) is 9.22. The average Bonchev–Trinajstić information content (AvgIpc) is 3.54. The predicted molar refractivity (Wildman–Crippen MR) is 171 cm³/mol. The van der Waals surface area contributed by atoms with Gasteiger partial charge in [0, 0.05) is 54.1 Å². The smallest absolute Gasteiger partial charge is 0.194 e. The number of nitrogens with zero attached hydrogens (tertiary/aromatic N) is 1. The fourth-order valence-corrected chi connectivity index (χ4v) is 5.81. The number of benzene rings is 3. The van der Waals surface area contributed by atoms with Gasteiger partial charge in [-0.05, 0) is 78.6 Å². The van der Waals surface area contributed by atoms with E-state index >= 15 is 0 Å². The number of ketones is 1.